The number of fused-ring (bicyclic) bond motifs is 8. The van der Waals surface area contributed by atoms with E-state index in [0.29, 0.717) is 21.7 Å². The normalized spacial score (nSPS) is 16.5. The van der Waals surface area contributed by atoms with Crippen LogP contribution in [0.1, 0.15) is 27.4 Å². The summed E-state index contributed by atoms with van der Waals surface area (Å²) in [5.41, 5.74) is -3.51. The van der Waals surface area contributed by atoms with E-state index in [0.717, 1.165) is 16.2 Å². The molecule has 0 aliphatic carbocycles. The van der Waals surface area contributed by atoms with Crippen LogP contribution in [0.5, 0.6) is 0 Å². The summed E-state index contributed by atoms with van der Waals surface area (Å²) in [7, 11) is 0. The van der Waals surface area contributed by atoms with Gasteiger partial charge in [0.1, 0.15) is 11.2 Å². The van der Waals surface area contributed by atoms with Crippen LogP contribution in [0.3, 0.4) is 0 Å². The Bertz CT molecular complexity index is 4560. The van der Waals surface area contributed by atoms with Gasteiger partial charge < -0.3 is 4.42 Å². The lowest BCUT2D eigenvalue weighted by atomic mass is 9.79. The molecular weight excluding hydrogens is 713 g/mol. The Morgan fingerprint density at radius 3 is 1.51 bits per heavy atom. The third kappa shape index (κ3) is 5.33. The molecule has 0 saturated heterocycles. The summed E-state index contributed by atoms with van der Waals surface area (Å²) in [6.45, 7) is 0. The van der Waals surface area contributed by atoms with Gasteiger partial charge in [0.2, 0.25) is 0 Å². The molecule has 1 heterocycles. The van der Waals surface area contributed by atoms with Crippen molar-refractivity contribution in [3.05, 3.63) is 218 Å². The minimum atomic E-state index is -0.916. The molecule has 0 unspecified atom stereocenters. The molecule has 11 aromatic carbocycles. The van der Waals surface area contributed by atoms with Crippen LogP contribution in [0.4, 0.5) is 0 Å². The average molecular weight is 769 g/mol. The molecule has 0 spiro atoms. The SMILES string of the molecule is [2H]c1c([2H])c([2H])c(-c2c([2H])c(-c3cccc4oc5ccccc5c34)c([2H])c(-c3c([2H])c([2H])c([2H])c([2H])c3[2H])c2-c2c3c([2H])c([2H])c([2H])c([2H])c3c(-c3ccc4ccc5ccccc5c4c3)c3c([2H])c([2H])c([2H])c([2H])c23)c([2H])c1[2H]. The highest BCUT2D eigenvalue weighted by Gasteiger charge is 2.24. The fourth-order valence-electron chi connectivity index (χ4n) is 8.35. The van der Waals surface area contributed by atoms with E-state index in [1.807, 2.05) is 36.4 Å². The lowest BCUT2D eigenvalue weighted by Gasteiger charge is -2.24. The van der Waals surface area contributed by atoms with Crippen LogP contribution in [0.2, 0.25) is 0 Å². The van der Waals surface area contributed by atoms with Gasteiger partial charge in [-0.1, -0.05) is 188 Å². The van der Waals surface area contributed by atoms with Crippen molar-refractivity contribution in [1.82, 2.24) is 0 Å². The smallest absolute Gasteiger partial charge is 0.136 e. The van der Waals surface area contributed by atoms with Gasteiger partial charge in [0.25, 0.3) is 0 Å². The lowest BCUT2D eigenvalue weighted by molar-refractivity contribution is 0.669. The van der Waals surface area contributed by atoms with Crippen LogP contribution in [-0.4, -0.2) is 0 Å². The Morgan fingerprint density at radius 1 is 0.322 bits per heavy atom. The molecule has 0 atom stereocenters. The molecule has 0 aliphatic rings. The first-order valence-corrected chi connectivity index (χ1v) is 18.7. The number of para-hydroxylation sites is 1. The maximum Gasteiger partial charge on any atom is 0.136 e. The molecule has 0 radical (unpaired) electrons. The average Bonchev–Trinajstić information content (AvgIpc) is 2.77. The minimum absolute atomic E-state index is 0.0870. The molecule has 0 aliphatic heterocycles. The summed E-state index contributed by atoms with van der Waals surface area (Å²) in [6.07, 6.45) is 0. The zero-order valence-corrected chi connectivity index (χ0v) is 30.6. The van der Waals surface area contributed by atoms with Gasteiger partial charge in [-0.05, 0) is 129 Å². The first-order chi connectivity index (χ1) is 37.6. The van der Waals surface area contributed by atoms with E-state index in [9.17, 15) is 19.2 Å². The molecule has 0 amide bonds. The van der Waals surface area contributed by atoms with Crippen molar-refractivity contribution in [3.63, 3.8) is 0 Å². The molecule has 0 bridgehead atoms. The summed E-state index contributed by atoms with van der Waals surface area (Å²) >= 11 is 0. The molecular formula is C58H36O. The van der Waals surface area contributed by atoms with Gasteiger partial charge in [-0.3, -0.25) is 0 Å². The Hall–Kier alpha value is -7.74. The second kappa shape index (κ2) is 13.4. The van der Waals surface area contributed by atoms with Gasteiger partial charge in [0.05, 0.1) is 27.4 Å². The number of benzene rings is 11. The van der Waals surface area contributed by atoms with E-state index >= 15 is 0 Å². The van der Waals surface area contributed by atoms with Crippen molar-refractivity contribution < 1.29 is 31.8 Å². The maximum atomic E-state index is 10.6. The maximum absolute atomic E-state index is 10.6. The van der Waals surface area contributed by atoms with Crippen LogP contribution in [0, 0.1) is 0 Å². The van der Waals surface area contributed by atoms with Crippen molar-refractivity contribution >= 4 is 65.0 Å². The summed E-state index contributed by atoms with van der Waals surface area (Å²) in [4.78, 5) is 0. The molecule has 12 rings (SSSR count). The van der Waals surface area contributed by atoms with E-state index in [1.54, 1.807) is 54.6 Å². The molecule has 59 heavy (non-hydrogen) atoms. The molecule has 0 fully saturated rings. The van der Waals surface area contributed by atoms with E-state index in [2.05, 4.69) is 0 Å². The van der Waals surface area contributed by atoms with Gasteiger partial charge >= 0.3 is 0 Å². The Labute approximate surface area is 370 Å². The predicted molar refractivity (Wildman–Crippen MR) is 251 cm³/mol. The Morgan fingerprint density at radius 2 is 0.847 bits per heavy atom. The molecule has 1 aromatic heterocycles. The Balaban J connectivity index is 1.44. The van der Waals surface area contributed by atoms with E-state index < -0.39 is 165 Å². The van der Waals surface area contributed by atoms with Gasteiger partial charge in [0.15, 0.2) is 0 Å². The van der Waals surface area contributed by atoms with Crippen LogP contribution in [0.15, 0.2) is 222 Å². The molecule has 1 heteroatoms. The fraction of sp³-hybridized carbons (Fsp3) is 0. The number of hydrogen-bond donors (Lipinski definition) is 0. The van der Waals surface area contributed by atoms with Crippen LogP contribution < -0.4 is 0 Å². The standard InChI is InChI=1S/C58H36O/c1-3-16-37(17-4-1)51-35-42(44-27-15-29-54-56(44)49-26-13-14-28-53(49)59-54)36-52(38-18-5-2-6-19-38)58(51)57-47-24-11-9-22-45(47)55(46-23-10-12-25-48(46)57)41-33-32-40-31-30-39-20-7-8-21-43(39)50(40)34-41/h1-36H/i1D,2D,3D,4D,5D,6D,9D,10D,11D,12D,16D,17D,18D,19D,22D,23D,24D,25D,35D,36D. The molecule has 12 aromatic rings. The molecule has 0 N–H and O–H groups in total. The van der Waals surface area contributed by atoms with Gasteiger partial charge in [-0.25, -0.2) is 0 Å². The van der Waals surface area contributed by atoms with E-state index in [-0.39, 0.29) is 38.6 Å². The zero-order valence-electron chi connectivity index (χ0n) is 50.6. The van der Waals surface area contributed by atoms with Crippen molar-refractivity contribution in [2.45, 2.75) is 0 Å². The van der Waals surface area contributed by atoms with Crippen molar-refractivity contribution in [1.29, 1.82) is 0 Å². The largest absolute Gasteiger partial charge is 0.456 e. The Kier molecular flexibility index (Phi) is 4.36. The monoisotopic (exact) mass is 768 g/mol. The highest BCUT2D eigenvalue weighted by molar-refractivity contribution is 6.25. The van der Waals surface area contributed by atoms with Crippen LogP contribution >= 0.6 is 0 Å². The molecule has 274 valence electrons. The summed E-state index contributed by atoms with van der Waals surface area (Å²) in [5, 5.41) is 2.22. The van der Waals surface area contributed by atoms with Crippen LogP contribution in [0.25, 0.3) is 121 Å². The molecule has 1 nitrogen and oxygen atoms in total. The third-order valence-electron chi connectivity index (χ3n) is 10.8. The fourth-order valence-corrected chi connectivity index (χ4v) is 8.35. The van der Waals surface area contributed by atoms with Crippen LogP contribution in [-0.2, 0) is 0 Å². The highest BCUT2D eigenvalue weighted by atomic mass is 16.3. The zero-order chi connectivity index (χ0) is 56.3. The first-order valence-electron chi connectivity index (χ1n) is 28.7. The minimum Gasteiger partial charge on any atom is -0.456 e. The number of hydrogen-bond acceptors (Lipinski definition) is 1. The van der Waals surface area contributed by atoms with Gasteiger partial charge in [-0.2, -0.15) is 0 Å². The predicted octanol–water partition coefficient (Wildman–Crippen LogP) is 16.5. The second-order valence-corrected chi connectivity index (χ2v) is 14.0. The van der Waals surface area contributed by atoms with Crippen molar-refractivity contribution in [3.8, 4) is 55.6 Å². The summed E-state index contributed by atoms with van der Waals surface area (Å²) < 4.78 is 196. The lowest BCUT2D eigenvalue weighted by Crippen LogP contribution is -1.97. The summed E-state index contributed by atoms with van der Waals surface area (Å²) in [5.74, 6) is 0. The molecule has 0 saturated carbocycles. The van der Waals surface area contributed by atoms with Gasteiger partial charge in [0, 0.05) is 10.8 Å². The third-order valence-corrected chi connectivity index (χ3v) is 10.8. The van der Waals surface area contributed by atoms with Crippen molar-refractivity contribution in [2.24, 2.45) is 0 Å². The topological polar surface area (TPSA) is 13.1 Å². The highest BCUT2D eigenvalue weighted by Crippen LogP contribution is 2.51. The van der Waals surface area contributed by atoms with Crippen molar-refractivity contribution in [2.75, 3.05) is 0 Å². The van der Waals surface area contributed by atoms with E-state index in [1.165, 1.54) is 6.07 Å². The van der Waals surface area contributed by atoms with Gasteiger partial charge in [-0.15, -0.1) is 0 Å². The van der Waals surface area contributed by atoms with E-state index in [4.69, 9.17) is 12.6 Å². The number of furan rings is 1. The first kappa shape index (κ1) is 19.1. The summed E-state index contributed by atoms with van der Waals surface area (Å²) in [6, 6.07) is 11.3. The number of rotatable bonds is 5. The second-order valence-electron chi connectivity index (χ2n) is 14.0. The quantitative estimate of drug-likeness (QED) is 0.126.